The topological polar surface area (TPSA) is 66.0 Å². The van der Waals surface area contributed by atoms with E-state index >= 15 is 0 Å². The van der Waals surface area contributed by atoms with Crippen LogP contribution < -0.4 is 5.56 Å². The predicted molar refractivity (Wildman–Crippen MR) is 44.0 cm³/mol. The molecule has 1 aromatic heterocycles. The van der Waals surface area contributed by atoms with Gasteiger partial charge in [0.1, 0.15) is 5.82 Å². The quantitative estimate of drug-likeness (QED) is 0.629. The molecule has 1 heterocycles. The van der Waals surface area contributed by atoms with Gasteiger partial charge < -0.3 is 5.11 Å². The number of fused-ring (bicyclic) bond motifs is 1. The largest absolute Gasteiger partial charge is 0.492 e. The monoisotopic (exact) mass is 180 g/mol. The number of hydrogen-bond acceptors (Lipinski definition) is 3. The summed E-state index contributed by atoms with van der Waals surface area (Å²) in [6.07, 6.45) is 0. The number of H-pyrrole nitrogens is 1. The summed E-state index contributed by atoms with van der Waals surface area (Å²) in [5.74, 6) is -1.05. The molecule has 0 saturated carbocycles. The molecule has 0 fully saturated rings. The molecule has 2 N–H and O–H groups in total. The molecular weight excluding hydrogens is 175 g/mol. The first-order valence-electron chi connectivity index (χ1n) is 3.56. The van der Waals surface area contributed by atoms with Crippen LogP contribution in [0.2, 0.25) is 0 Å². The first kappa shape index (κ1) is 7.72. The molecule has 4 nitrogen and oxygen atoms in total. The van der Waals surface area contributed by atoms with Gasteiger partial charge in [-0.15, -0.1) is 5.10 Å². The van der Waals surface area contributed by atoms with Gasteiger partial charge in [-0.3, -0.25) is 4.79 Å². The number of nitrogens with zero attached hydrogens (tertiary/aromatic N) is 1. The number of hydrogen-bond donors (Lipinski definition) is 2. The van der Waals surface area contributed by atoms with Gasteiger partial charge in [-0.25, -0.2) is 9.49 Å². The summed E-state index contributed by atoms with van der Waals surface area (Å²) in [4.78, 5) is 11.1. The second-order valence-electron chi connectivity index (χ2n) is 2.54. The number of aromatic nitrogens is 2. The van der Waals surface area contributed by atoms with Crippen molar-refractivity contribution in [1.29, 1.82) is 0 Å². The Hall–Kier alpha value is -1.91. The Morgan fingerprint density at radius 2 is 2.23 bits per heavy atom. The number of aromatic amines is 1. The van der Waals surface area contributed by atoms with E-state index in [9.17, 15) is 14.3 Å². The van der Waals surface area contributed by atoms with Gasteiger partial charge in [-0.1, -0.05) is 6.07 Å². The lowest BCUT2D eigenvalue weighted by Crippen LogP contribution is -2.09. The lowest BCUT2D eigenvalue weighted by Gasteiger charge is -1.98. The van der Waals surface area contributed by atoms with E-state index in [1.165, 1.54) is 12.1 Å². The molecule has 0 aliphatic carbocycles. The summed E-state index contributed by atoms with van der Waals surface area (Å²) >= 11 is 0. The van der Waals surface area contributed by atoms with E-state index in [1.807, 2.05) is 5.10 Å². The lowest BCUT2D eigenvalue weighted by atomic mass is 10.2. The molecule has 2 aromatic rings. The summed E-state index contributed by atoms with van der Waals surface area (Å²) in [5.41, 5.74) is -0.647. The Morgan fingerprint density at radius 3 is 2.92 bits per heavy atom. The second-order valence-corrected chi connectivity index (χ2v) is 2.54. The Morgan fingerprint density at radius 1 is 1.46 bits per heavy atom. The summed E-state index contributed by atoms with van der Waals surface area (Å²) < 4.78 is 13.1. The van der Waals surface area contributed by atoms with Gasteiger partial charge in [0, 0.05) is 0 Å². The van der Waals surface area contributed by atoms with Gasteiger partial charge in [-0.2, -0.15) is 0 Å². The summed E-state index contributed by atoms with van der Waals surface area (Å²) in [7, 11) is 0. The van der Waals surface area contributed by atoms with Crippen molar-refractivity contribution in [3.8, 4) is 5.88 Å². The molecule has 0 spiro atoms. The van der Waals surface area contributed by atoms with Crippen LogP contribution in [0.15, 0.2) is 23.0 Å². The van der Waals surface area contributed by atoms with Crippen LogP contribution in [0.1, 0.15) is 0 Å². The van der Waals surface area contributed by atoms with E-state index in [0.717, 1.165) is 6.07 Å². The first-order chi connectivity index (χ1) is 6.20. The minimum Gasteiger partial charge on any atom is -0.492 e. The standard InChI is InChI=1S/C8H5FN2O2/c9-5-3-1-2-4-6(5)8(13)11-10-7(4)12/h1-3H,(H,10,12)(H,11,13). The smallest absolute Gasteiger partial charge is 0.275 e. The van der Waals surface area contributed by atoms with E-state index in [1.54, 1.807) is 0 Å². The highest BCUT2D eigenvalue weighted by Gasteiger charge is 2.08. The Labute approximate surface area is 71.6 Å². The Bertz CT molecular complexity index is 521. The molecule has 66 valence electrons. The molecule has 0 aliphatic heterocycles. The highest BCUT2D eigenvalue weighted by Crippen LogP contribution is 2.19. The average molecular weight is 180 g/mol. The lowest BCUT2D eigenvalue weighted by molar-refractivity contribution is 0.451. The van der Waals surface area contributed by atoms with Crippen molar-refractivity contribution in [1.82, 2.24) is 10.2 Å². The average Bonchev–Trinajstić information content (AvgIpc) is 2.12. The van der Waals surface area contributed by atoms with Crippen molar-refractivity contribution in [2.24, 2.45) is 0 Å². The molecule has 0 saturated heterocycles. The highest BCUT2D eigenvalue weighted by molar-refractivity contribution is 5.85. The number of aromatic hydroxyl groups is 1. The van der Waals surface area contributed by atoms with Gasteiger partial charge in [0.2, 0.25) is 5.88 Å². The van der Waals surface area contributed by atoms with Crippen LogP contribution in [0.4, 0.5) is 4.39 Å². The van der Waals surface area contributed by atoms with E-state index < -0.39 is 11.4 Å². The molecule has 0 aliphatic rings. The zero-order chi connectivity index (χ0) is 9.42. The minimum absolute atomic E-state index is 0.115. The summed E-state index contributed by atoms with van der Waals surface area (Å²) in [6, 6.07) is 3.98. The third kappa shape index (κ3) is 1.05. The normalized spacial score (nSPS) is 10.5. The van der Waals surface area contributed by atoms with Gasteiger partial charge in [0.05, 0.1) is 10.8 Å². The molecular formula is C8H5FN2O2. The van der Waals surface area contributed by atoms with Crippen molar-refractivity contribution in [3.05, 3.63) is 34.4 Å². The summed E-state index contributed by atoms with van der Waals surface area (Å²) in [5, 5.41) is 14.4. The number of rotatable bonds is 0. The van der Waals surface area contributed by atoms with Crippen molar-refractivity contribution < 1.29 is 9.50 Å². The fraction of sp³-hybridized carbons (Fsp3) is 0. The fourth-order valence-corrected chi connectivity index (χ4v) is 1.16. The zero-order valence-electron chi connectivity index (χ0n) is 6.41. The van der Waals surface area contributed by atoms with E-state index in [2.05, 4.69) is 5.10 Å². The first-order valence-corrected chi connectivity index (χ1v) is 3.56. The van der Waals surface area contributed by atoms with Crippen molar-refractivity contribution in [2.45, 2.75) is 0 Å². The highest BCUT2D eigenvalue weighted by atomic mass is 19.1. The maximum Gasteiger partial charge on any atom is 0.275 e. The van der Waals surface area contributed by atoms with E-state index in [4.69, 9.17) is 0 Å². The van der Waals surface area contributed by atoms with Gasteiger partial charge in [-0.05, 0) is 12.1 Å². The predicted octanol–water partition coefficient (Wildman–Crippen LogP) is 0.768. The third-order valence-electron chi connectivity index (χ3n) is 1.74. The number of benzene rings is 1. The van der Waals surface area contributed by atoms with Crippen LogP contribution in [0.25, 0.3) is 10.8 Å². The molecule has 0 unspecified atom stereocenters. The maximum atomic E-state index is 13.1. The van der Waals surface area contributed by atoms with Crippen molar-refractivity contribution >= 4 is 10.8 Å². The maximum absolute atomic E-state index is 13.1. The molecule has 0 radical (unpaired) electrons. The zero-order valence-corrected chi connectivity index (χ0v) is 6.41. The Kier molecular flexibility index (Phi) is 1.51. The van der Waals surface area contributed by atoms with Crippen LogP contribution in [0, 0.1) is 5.82 Å². The number of halogens is 1. The van der Waals surface area contributed by atoms with Crippen LogP contribution in [-0.4, -0.2) is 15.3 Å². The van der Waals surface area contributed by atoms with Crippen LogP contribution in [0.5, 0.6) is 5.88 Å². The van der Waals surface area contributed by atoms with Gasteiger partial charge in [0.15, 0.2) is 0 Å². The van der Waals surface area contributed by atoms with Crippen LogP contribution in [-0.2, 0) is 0 Å². The van der Waals surface area contributed by atoms with Gasteiger partial charge in [0.25, 0.3) is 5.56 Å². The molecule has 0 bridgehead atoms. The van der Waals surface area contributed by atoms with Crippen LogP contribution in [0.3, 0.4) is 0 Å². The van der Waals surface area contributed by atoms with E-state index in [0.29, 0.717) is 0 Å². The van der Waals surface area contributed by atoms with E-state index in [-0.39, 0.29) is 16.7 Å². The van der Waals surface area contributed by atoms with Crippen LogP contribution >= 0.6 is 0 Å². The van der Waals surface area contributed by atoms with Crippen molar-refractivity contribution in [3.63, 3.8) is 0 Å². The summed E-state index contributed by atoms with van der Waals surface area (Å²) in [6.45, 7) is 0. The second kappa shape index (κ2) is 2.55. The van der Waals surface area contributed by atoms with Crippen molar-refractivity contribution in [2.75, 3.05) is 0 Å². The molecule has 0 atom stereocenters. The molecule has 0 amide bonds. The van der Waals surface area contributed by atoms with Gasteiger partial charge >= 0.3 is 0 Å². The molecule has 1 aromatic carbocycles. The molecule has 2 rings (SSSR count). The third-order valence-corrected chi connectivity index (χ3v) is 1.74. The SMILES string of the molecule is O=c1[nH]nc(O)c2cccc(F)c12. The minimum atomic E-state index is -0.670. The fourth-order valence-electron chi connectivity index (χ4n) is 1.16. The molecule has 13 heavy (non-hydrogen) atoms. The Balaban J connectivity index is 3.09. The molecule has 5 heteroatoms. The number of nitrogens with one attached hydrogen (secondary N) is 1.